The Kier molecular flexibility index (Phi) is 5.70. The van der Waals surface area contributed by atoms with E-state index >= 15 is 0 Å². The molecular weight excluding hydrogens is 382 g/mol. The van der Waals surface area contributed by atoms with Gasteiger partial charge in [0, 0.05) is 22.7 Å². The molecule has 2 aromatic rings. The normalized spacial score (nSPS) is 13.3. The van der Waals surface area contributed by atoms with E-state index in [1.165, 1.54) is 0 Å². The number of hydrogen-bond acceptors (Lipinski definition) is 5. The molecule has 6 nitrogen and oxygen atoms in total. The van der Waals surface area contributed by atoms with Gasteiger partial charge < -0.3 is 14.8 Å². The first-order chi connectivity index (χ1) is 13.2. The van der Waals surface area contributed by atoms with Crippen LogP contribution in [0.15, 0.2) is 42.5 Å². The monoisotopic (exact) mass is 401 g/mol. The number of anilines is 1. The van der Waals surface area contributed by atoms with Gasteiger partial charge in [0.1, 0.15) is 5.75 Å². The van der Waals surface area contributed by atoms with Gasteiger partial charge in [-0.1, -0.05) is 11.6 Å². The maximum Gasteiger partial charge on any atom is 0.350 e. The fourth-order valence-electron chi connectivity index (χ4n) is 2.78. The lowest BCUT2D eigenvalue weighted by Gasteiger charge is -2.24. The van der Waals surface area contributed by atoms with Crippen LogP contribution < -0.4 is 10.1 Å². The first kappa shape index (κ1) is 19.9. The summed E-state index contributed by atoms with van der Waals surface area (Å²) in [6.07, 6.45) is 0.958. The van der Waals surface area contributed by atoms with Crippen LogP contribution in [-0.4, -0.2) is 29.9 Å². The Bertz CT molecular complexity index is 921. The fourth-order valence-corrected chi connectivity index (χ4v) is 2.91. The molecule has 3 rings (SSSR count). The molecule has 0 bridgehead atoms. The van der Waals surface area contributed by atoms with Gasteiger partial charge in [-0.25, -0.2) is 4.79 Å². The molecular formula is C21H20ClNO5. The van der Waals surface area contributed by atoms with Crippen molar-refractivity contribution < 1.29 is 23.9 Å². The summed E-state index contributed by atoms with van der Waals surface area (Å²) in [5.74, 6) is -0.547. The van der Waals surface area contributed by atoms with E-state index in [4.69, 9.17) is 21.1 Å². The average molecular weight is 402 g/mol. The van der Waals surface area contributed by atoms with Crippen LogP contribution in [-0.2, 0) is 20.7 Å². The minimum atomic E-state index is -1.27. The zero-order chi connectivity index (χ0) is 20.3. The Hall–Kier alpha value is -2.86. The lowest BCUT2D eigenvalue weighted by atomic mass is 9.99. The summed E-state index contributed by atoms with van der Waals surface area (Å²) < 4.78 is 10.8. The molecule has 1 N–H and O–H groups in total. The lowest BCUT2D eigenvalue weighted by molar-refractivity contribution is -0.158. The van der Waals surface area contributed by atoms with Crippen molar-refractivity contribution in [3.05, 3.63) is 58.6 Å². The third-order valence-corrected chi connectivity index (χ3v) is 4.59. The number of aryl methyl sites for hydroxylation is 1. The number of halogens is 1. The number of esters is 1. The Morgan fingerprint density at radius 2 is 1.82 bits per heavy atom. The maximum absolute atomic E-state index is 12.4. The zero-order valence-electron chi connectivity index (χ0n) is 15.6. The molecule has 0 aliphatic carbocycles. The Balaban J connectivity index is 1.59. The number of ketones is 1. The van der Waals surface area contributed by atoms with Crippen molar-refractivity contribution in [3.8, 4) is 5.75 Å². The maximum atomic E-state index is 12.4. The van der Waals surface area contributed by atoms with Gasteiger partial charge in [-0.15, -0.1) is 0 Å². The van der Waals surface area contributed by atoms with Crippen molar-refractivity contribution in [2.24, 2.45) is 0 Å². The molecule has 0 atom stereocenters. The molecule has 0 aromatic heterocycles. The molecule has 0 saturated heterocycles. The smallest absolute Gasteiger partial charge is 0.350 e. The van der Waals surface area contributed by atoms with Gasteiger partial charge >= 0.3 is 5.97 Å². The SMILES string of the molecule is CC(C)(Oc1ccc(Cl)cc1)C(=O)OCC(=O)c1ccc2c(c1)CCC(=O)N2. The van der Waals surface area contributed by atoms with Crippen molar-refractivity contribution in [1.29, 1.82) is 0 Å². The molecule has 0 radical (unpaired) electrons. The predicted molar refractivity (Wildman–Crippen MR) is 105 cm³/mol. The molecule has 0 fully saturated rings. The first-order valence-electron chi connectivity index (χ1n) is 8.82. The topological polar surface area (TPSA) is 81.7 Å². The minimum Gasteiger partial charge on any atom is -0.476 e. The van der Waals surface area contributed by atoms with E-state index in [0.29, 0.717) is 34.9 Å². The second-order valence-electron chi connectivity index (χ2n) is 6.99. The molecule has 1 amide bonds. The summed E-state index contributed by atoms with van der Waals surface area (Å²) in [5, 5.41) is 3.32. The molecule has 0 unspecified atom stereocenters. The number of fused-ring (bicyclic) bond motifs is 1. The first-order valence-corrected chi connectivity index (χ1v) is 9.20. The standard InChI is InChI=1S/C21H20ClNO5/c1-21(2,28-16-7-5-15(22)6-8-16)20(26)27-12-18(24)14-3-9-17-13(11-14)4-10-19(25)23-17/h3,5-9,11H,4,10,12H2,1-2H3,(H,23,25). The minimum absolute atomic E-state index is 0.0385. The lowest BCUT2D eigenvalue weighted by Crippen LogP contribution is -2.40. The van der Waals surface area contributed by atoms with E-state index in [1.54, 1.807) is 56.3 Å². The second-order valence-corrected chi connectivity index (χ2v) is 7.42. The van der Waals surface area contributed by atoms with E-state index in [9.17, 15) is 14.4 Å². The second kappa shape index (κ2) is 8.02. The number of ether oxygens (including phenoxy) is 2. The molecule has 0 saturated carbocycles. The highest BCUT2D eigenvalue weighted by Gasteiger charge is 2.32. The zero-order valence-corrected chi connectivity index (χ0v) is 16.3. The quantitative estimate of drug-likeness (QED) is 0.588. The number of hydrogen-bond donors (Lipinski definition) is 1. The number of nitrogens with one attached hydrogen (secondary N) is 1. The Morgan fingerprint density at radius 1 is 1.11 bits per heavy atom. The number of benzene rings is 2. The Morgan fingerprint density at radius 3 is 2.54 bits per heavy atom. The van der Waals surface area contributed by atoms with Gasteiger partial charge in [-0.05, 0) is 68.3 Å². The van der Waals surface area contributed by atoms with Crippen LogP contribution in [0.4, 0.5) is 5.69 Å². The van der Waals surface area contributed by atoms with Crippen molar-refractivity contribution in [3.63, 3.8) is 0 Å². The van der Waals surface area contributed by atoms with Crippen molar-refractivity contribution >= 4 is 34.9 Å². The van der Waals surface area contributed by atoms with E-state index in [1.807, 2.05) is 0 Å². The molecule has 2 aromatic carbocycles. The highest BCUT2D eigenvalue weighted by Crippen LogP contribution is 2.24. The van der Waals surface area contributed by atoms with Crippen LogP contribution in [0.2, 0.25) is 5.02 Å². The summed E-state index contributed by atoms with van der Waals surface area (Å²) in [6, 6.07) is 11.6. The molecule has 0 spiro atoms. The molecule has 1 aliphatic rings. The van der Waals surface area contributed by atoms with Gasteiger partial charge in [0.25, 0.3) is 0 Å². The number of carbonyl (C=O) groups excluding carboxylic acids is 3. The average Bonchev–Trinajstić information content (AvgIpc) is 2.67. The summed E-state index contributed by atoms with van der Waals surface area (Å²) in [4.78, 5) is 36.2. The summed E-state index contributed by atoms with van der Waals surface area (Å²) in [5.41, 5.74) is 0.762. The number of Topliss-reactive ketones (excluding diaryl/α,β-unsaturated/α-hetero) is 1. The van der Waals surface area contributed by atoms with E-state index in [-0.39, 0.29) is 11.7 Å². The van der Waals surface area contributed by atoms with Gasteiger partial charge in [-0.2, -0.15) is 0 Å². The molecule has 7 heteroatoms. The summed E-state index contributed by atoms with van der Waals surface area (Å²) >= 11 is 5.83. The summed E-state index contributed by atoms with van der Waals surface area (Å²) in [7, 11) is 0. The Labute approximate surface area is 167 Å². The van der Waals surface area contributed by atoms with Crippen LogP contribution in [0.5, 0.6) is 5.75 Å². The number of rotatable bonds is 6. The predicted octanol–water partition coefficient (Wildman–Crippen LogP) is 3.81. The van der Waals surface area contributed by atoms with Gasteiger partial charge in [-0.3, -0.25) is 9.59 Å². The van der Waals surface area contributed by atoms with E-state index in [2.05, 4.69) is 5.32 Å². The number of amides is 1. The molecule has 28 heavy (non-hydrogen) atoms. The largest absolute Gasteiger partial charge is 0.476 e. The van der Waals surface area contributed by atoms with Crippen LogP contribution in [0.3, 0.4) is 0 Å². The third-order valence-electron chi connectivity index (χ3n) is 4.34. The van der Waals surface area contributed by atoms with Crippen molar-refractivity contribution in [1.82, 2.24) is 0 Å². The molecule has 146 valence electrons. The van der Waals surface area contributed by atoms with Crippen LogP contribution >= 0.6 is 11.6 Å². The van der Waals surface area contributed by atoms with Gasteiger partial charge in [0.2, 0.25) is 5.91 Å². The van der Waals surface area contributed by atoms with Crippen LogP contribution in [0, 0.1) is 0 Å². The van der Waals surface area contributed by atoms with Gasteiger partial charge in [0.15, 0.2) is 18.0 Å². The molecule has 1 aliphatic heterocycles. The van der Waals surface area contributed by atoms with Crippen LogP contribution in [0.25, 0.3) is 0 Å². The van der Waals surface area contributed by atoms with E-state index in [0.717, 1.165) is 5.56 Å². The van der Waals surface area contributed by atoms with Gasteiger partial charge in [0.05, 0.1) is 0 Å². The highest BCUT2D eigenvalue weighted by atomic mass is 35.5. The fraction of sp³-hybridized carbons (Fsp3) is 0.286. The van der Waals surface area contributed by atoms with Crippen molar-refractivity contribution in [2.45, 2.75) is 32.3 Å². The highest BCUT2D eigenvalue weighted by molar-refractivity contribution is 6.30. The summed E-state index contributed by atoms with van der Waals surface area (Å²) in [6.45, 7) is 2.74. The van der Waals surface area contributed by atoms with Crippen LogP contribution in [0.1, 0.15) is 36.2 Å². The molecule has 1 heterocycles. The van der Waals surface area contributed by atoms with E-state index < -0.39 is 18.2 Å². The third kappa shape index (κ3) is 4.70. The number of carbonyl (C=O) groups is 3. The van der Waals surface area contributed by atoms with Crippen molar-refractivity contribution in [2.75, 3.05) is 11.9 Å².